The molecule has 1 atom stereocenters. The number of dihydropyridines is 1. The summed E-state index contributed by atoms with van der Waals surface area (Å²) in [7, 11) is 1.13. The van der Waals surface area contributed by atoms with Gasteiger partial charge in [-0.2, -0.15) is 13.2 Å². The summed E-state index contributed by atoms with van der Waals surface area (Å²) in [6.45, 7) is 6.36. The van der Waals surface area contributed by atoms with Crippen LogP contribution in [0, 0.1) is 0 Å². The standard InChI is InChI=1S/C20H22F3NO4/c1-10(2)28-19(26)16-12(4)24-11(3)15(18(25)27-5)17(16)13-8-6-7-9-14(13)20(21,22)23/h6-10,17,24H,1-5H3. The van der Waals surface area contributed by atoms with Crippen molar-refractivity contribution in [1.29, 1.82) is 0 Å². The van der Waals surface area contributed by atoms with E-state index in [1.807, 2.05) is 0 Å². The van der Waals surface area contributed by atoms with Gasteiger partial charge in [0.1, 0.15) is 0 Å². The molecule has 1 aromatic rings. The molecule has 0 amide bonds. The number of hydrogen-bond acceptors (Lipinski definition) is 5. The molecular formula is C20H22F3NO4. The lowest BCUT2D eigenvalue weighted by Crippen LogP contribution is -2.33. The molecule has 8 heteroatoms. The van der Waals surface area contributed by atoms with Crippen molar-refractivity contribution in [2.45, 2.75) is 45.9 Å². The molecule has 0 aromatic heterocycles. The molecule has 0 spiro atoms. The van der Waals surface area contributed by atoms with Gasteiger partial charge in [-0.3, -0.25) is 0 Å². The van der Waals surface area contributed by atoms with Gasteiger partial charge in [0.15, 0.2) is 0 Å². The maximum Gasteiger partial charge on any atom is 0.416 e. The number of hydrogen-bond donors (Lipinski definition) is 1. The van der Waals surface area contributed by atoms with Gasteiger partial charge in [-0.15, -0.1) is 0 Å². The highest BCUT2D eigenvalue weighted by atomic mass is 19.4. The Balaban J connectivity index is 2.79. The monoisotopic (exact) mass is 397 g/mol. The Morgan fingerprint density at radius 3 is 2.07 bits per heavy atom. The number of esters is 2. The van der Waals surface area contributed by atoms with Crippen LogP contribution in [0.2, 0.25) is 0 Å². The minimum Gasteiger partial charge on any atom is -0.466 e. The molecule has 152 valence electrons. The van der Waals surface area contributed by atoms with Gasteiger partial charge in [0.2, 0.25) is 0 Å². The summed E-state index contributed by atoms with van der Waals surface area (Å²) in [5, 5.41) is 2.88. The number of benzene rings is 1. The largest absolute Gasteiger partial charge is 0.466 e. The van der Waals surface area contributed by atoms with Crippen molar-refractivity contribution in [3.63, 3.8) is 0 Å². The van der Waals surface area contributed by atoms with Crippen LogP contribution in [0.1, 0.15) is 44.7 Å². The third-order valence-electron chi connectivity index (χ3n) is 4.31. The molecule has 0 aliphatic carbocycles. The van der Waals surface area contributed by atoms with Crippen LogP contribution >= 0.6 is 0 Å². The molecule has 1 aromatic carbocycles. The molecule has 5 nitrogen and oxygen atoms in total. The van der Waals surface area contributed by atoms with Crippen LogP contribution < -0.4 is 5.32 Å². The average molecular weight is 397 g/mol. The SMILES string of the molecule is COC(=O)C1=C(C)NC(C)=C(C(=O)OC(C)C)C1c1ccccc1C(F)(F)F. The fourth-order valence-corrected chi connectivity index (χ4v) is 3.24. The summed E-state index contributed by atoms with van der Waals surface area (Å²) in [5.74, 6) is -2.90. The van der Waals surface area contributed by atoms with E-state index in [1.165, 1.54) is 18.2 Å². The lowest BCUT2D eigenvalue weighted by atomic mass is 9.78. The first-order valence-corrected chi connectivity index (χ1v) is 8.63. The van der Waals surface area contributed by atoms with Gasteiger partial charge in [0.25, 0.3) is 0 Å². The summed E-state index contributed by atoms with van der Waals surface area (Å²) in [6, 6.07) is 4.86. The number of alkyl halides is 3. The first kappa shape index (κ1) is 21.5. The van der Waals surface area contributed by atoms with Crippen LogP contribution in [0.5, 0.6) is 0 Å². The average Bonchev–Trinajstić information content (AvgIpc) is 2.59. The molecule has 0 radical (unpaired) electrons. The molecule has 1 heterocycles. The zero-order valence-corrected chi connectivity index (χ0v) is 16.2. The number of rotatable bonds is 4. The van der Waals surface area contributed by atoms with Crippen molar-refractivity contribution < 1.29 is 32.2 Å². The van der Waals surface area contributed by atoms with E-state index >= 15 is 0 Å². The smallest absolute Gasteiger partial charge is 0.416 e. The highest BCUT2D eigenvalue weighted by Crippen LogP contribution is 2.44. The number of ether oxygens (including phenoxy) is 2. The third kappa shape index (κ3) is 4.21. The fraction of sp³-hybridized carbons (Fsp3) is 0.400. The van der Waals surface area contributed by atoms with Crippen molar-refractivity contribution >= 4 is 11.9 Å². The van der Waals surface area contributed by atoms with E-state index in [9.17, 15) is 22.8 Å². The Morgan fingerprint density at radius 2 is 1.57 bits per heavy atom. The summed E-state index contributed by atoms with van der Waals surface area (Å²) < 4.78 is 51.0. The van der Waals surface area contributed by atoms with E-state index in [4.69, 9.17) is 9.47 Å². The van der Waals surface area contributed by atoms with Crippen LogP contribution in [0.3, 0.4) is 0 Å². The molecule has 1 unspecified atom stereocenters. The lowest BCUT2D eigenvalue weighted by Gasteiger charge is -2.32. The van der Waals surface area contributed by atoms with Gasteiger partial charge in [0.05, 0.1) is 35.8 Å². The summed E-state index contributed by atoms with van der Waals surface area (Å²) in [6.07, 6.45) is -5.16. The second-order valence-electron chi connectivity index (χ2n) is 6.67. The number of carbonyl (C=O) groups is 2. The van der Waals surface area contributed by atoms with Gasteiger partial charge >= 0.3 is 18.1 Å². The van der Waals surface area contributed by atoms with E-state index < -0.39 is 35.7 Å². The van der Waals surface area contributed by atoms with E-state index in [0.29, 0.717) is 11.4 Å². The fourth-order valence-electron chi connectivity index (χ4n) is 3.24. The number of allylic oxidation sites excluding steroid dienone is 2. The van der Waals surface area contributed by atoms with Crippen molar-refractivity contribution in [3.05, 3.63) is 57.9 Å². The molecule has 1 N–H and O–H groups in total. The minimum absolute atomic E-state index is 0.0589. The van der Waals surface area contributed by atoms with Crippen LogP contribution in [0.25, 0.3) is 0 Å². The van der Waals surface area contributed by atoms with Gasteiger partial charge < -0.3 is 14.8 Å². The van der Waals surface area contributed by atoms with Crippen LogP contribution in [0.4, 0.5) is 13.2 Å². The zero-order valence-electron chi connectivity index (χ0n) is 16.2. The first-order chi connectivity index (χ1) is 13.0. The van der Waals surface area contributed by atoms with E-state index in [-0.39, 0.29) is 16.7 Å². The lowest BCUT2D eigenvalue weighted by molar-refractivity contribution is -0.144. The maximum atomic E-state index is 13.7. The number of carbonyl (C=O) groups excluding carboxylic acids is 2. The zero-order chi connectivity index (χ0) is 21.2. The molecule has 1 aliphatic heterocycles. The molecule has 0 saturated heterocycles. The predicted octanol–water partition coefficient (Wildman–Crippen LogP) is 4.06. The van der Waals surface area contributed by atoms with Crippen molar-refractivity contribution in [2.24, 2.45) is 0 Å². The van der Waals surface area contributed by atoms with Crippen LogP contribution in [-0.4, -0.2) is 25.2 Å². The van der Waals surface area contributed by atoms with E-state index in [2.05, 4.69) is 5.32 Å². The number of methoxy groups -OCH3 is 1. The third-order valence-corrected chi connectivity index (χ3v) is 4.31. The highest BCUT2D eigenvalue weighted by molar-refractivity contribution is 6.00. The minimum atomic E-state index is -4.67. The van der Waals surface area contributed by atoms with Crippen LogP contribution in [0.15, 0.2) is 46.8 Å². The van der Waals surface area contributed by atoms with E-state index in [0.717, 1.165) is 13.2 Å². The Morgan fingerprint density at radius 1 is 1.04 bits per heavy atom. The van der Waals surface area contributed by atoms with E-state index in [1.54, 1.807) is 27.7 Å². The number of nitrogens with one attached hydrogen (secondary N) is 1. The molecule has 0 fully saturated rings. The summed E-state index contributed by atoms with van der Waals surface area (Å²) >= 11 is 0. The Labute approximate surface area is 161 Å². The number of halogens is 3. The van der Waals surface area contributed by atoms with Gasteiger partial charge in [0, 0.05) is 11.4 Å². The first-order valence-electron chi connectivity index (χ1n) is 8.63. The van der Waals surface area contributed by atoms with Crippen molar-refractivity contribution in [2.75, 3.05) is 7.11 Å². The summed E-state index contributed by atoms with van der Waals surface area (Å²) in [4.78, 5) is 25.2. The van der Waals surface area contributed by atoms with Gasteiger partial charge in [-0.05, 0) is 39.3 Å². The Kier molecular flexibility index (Phi) is 6.21. The van der Waals surface area contributed by atoms with Crippen LogP contribution in [-0.2, 0) is 25.2 Å². The normalized spacial score (nSPS) is 17.5. The predicted molar refractivity (Wildman–Crippen MR) is 96.0 cm³/mol. The van der Waals surface area contributed by atoms with Gasteiger partial charge in [-0.25, -0.2) is 9.59 Å². The Hall–Kier alpha value is -2.77. The Bertz CT molecular complexity index is 853. The molecule has 2 rings (SSSR count). The van der Waals surface area contributed by atoms with Gasteiger partial charge in [-0.1, -0.05) is 18.2 Å². The van der Waals surface area contributed by atoms with Crippen molar-refractivity contribution in [1.82, 2.24) is 5.32 Å². The van der Waals surface area contributed by atoms with Crippen molar-refractivity contribution in [3.8, 4) is 0 Å². The second kappa shape index (κ2) is 8.08. The molecule has 0 saturated carbocycles. The molecule has 28 heavy (non-hydrogen) atoms. The molecular weight excluding hydrogens is 375 g/mol. The maximum absolute atomic E-state index is 13.7. The quantitative estimate of drug-likeness (QED) is 0.776. The second-order valence-corrected chi connectivity index (χ2v) is 6.67. The molecule has 0 bridgehead atoms. The highest BCUT2D eigenvalue weighted by Gasteiger charge is 2.43. The summed E-state index contributed by atoms with van der Waals surface area (Å²) in [5.41, 5.74) is -0.646. The molecule has 1 aliphatic rings. The topological polar surface area (TPSA) is 64.6 Å².